The predicted molar refractivity (Wildman–Crippen MR) is 139 cm³/mol. The van der Waals surface area contributed by atoms with Gasteiger partial charge in [-0.3, -0.25) is 9.89 Å². The first kappa shape index (κ1) is 23.1. The number of thiophene rings is 1. The van der Waals surface area contributed by atoms with Crippen LogP contribution >= 0.6 is 35.3 Å². The van der Waals surface area contributed by atoms with Crippen molar-refractivity contribution in [2.75, 3.05) is 44.7 Å². The van der Waals surface area contributed by atoms with E-state index in [9.17, 15) is 0 Å². The third kappa shape index (κ3) is 5.98. The van der Waals surface area contributed by atoms with E-state index in [2.05, 4.69) is 79.4 Å². The molecule has 3 heterocycles. The van der Waals surface area contributed by atoms with Crippen LogP contribution in [0.5, 0.6) is 0 Å². The molecule has 2 aliphatic rings. The summed E-state index contributed by atoms with van der Waals surface area (Å²) in [5.41, 5.74) is 2.55. The van der Waals surface area contributed by atoms with E-state index in [1.165, 1.54) is 42.1 Å². The van der Waals surface area contributed by atoms with Crippen LogP contribution in [0.25, 0.3) is 0 Å². The van der Waals surface area contributed by atoms with Gasteiger partial charge >= 0.3 is 0 Å². The van der Waals surface area contributed by atoms with Crippen LogP contribution in [0.2, 0.25) is 0 Å². The van der Waals surface area contributed by atoms with Crippen molar-refractivity contribution in [2.45, 2.75) is 25.4 Å². The van der Waals surface area contributed by atoms with Crippen LogP contribution in [0.3, 0.4) is 0 Å². The summed E-state index contributed by atoms with van der Waals surface area (Å²) in [4.78, 5) is 10.8. The Morgan fingerprint density at radius 2 is 1.80 bits per heavy atom. The standard InChI is InChI=1S/C23H31N5S.HI/c1-24-23(25-17-19-8-10-20(11-9-19)27-12-2-3-13-27)26-18-21(22-7-6-16-29-22)28-14-4-5-15-28;/h2-3,6-11,16,21H,4-5,12-15,17-18H2,1H3,(H2,24,25,26);1H. The number of halogens is 1. The van der Waals surface area contributed by atoms with Gasteiger partial charge in [0.25, 0.3) is 0 Å². The molecule has 7 heteroatoms. The van der Waals surface area contributed by atoms with Gasteiger partial charge in [0.05, 0.1) is 6.04 Å². The van der Waals surface area contributed by atoms with E-state index in [-0.39, 0.29) is 24.0 Å². The zero-order valence-electron chi connectivity index (χ0n) is 17.6. The molecule has 2 aliphatic heterocycles. The van der Waals surface area contributed by atoms with Gasteiger partial charge in [0, 0.05) is 43.8 Å². The maximum atomic E-state index is 4.43. The largest absolute Gasteiger partial charge is 0.364 e. The molecule has 1 unspecified atom stereocenters. The van der Waals surface area contributed by atoms with E-state index in [0.29, 0.717) is 6.04 Å². The van der Waals surface area contributed by atoms with E-state index < -0.39 is 0 Å². The molecule has 1 aromatic heterocycles. The lowest BCUT2D eigenvalue weighted by Crippen LogP contribution is -2.42. The number of hydrogen-bond acceptors (Lipinski definition) is 4. The number of hydrogen-bond donors (Lipinski definition) is 2. The number of likely N-dealkylation sites (tertiary alicyclic amines) is 1. The highest BCUT2D eigenvalue weighted by Gasteiger charge is 2.24. The molecular formula is C23H32IN5S. The Balaban J connectivity index is 0.00000256. The minimum atomic E-state index is 0. The van der Waals surface area contributed by atoms with Crippen LogP contribution in [0, 0.1) is 0 Å². The summed E-state index contributed by atoms with van der Waals surface area (Å²) in [6.07, 6.45) is 7.05. The van der Waals surface area contributed by atoms with Crippen molar-refractivity contribution in [1.29, 1.82) is 0 Å². The summed E-state index contributed by atoms with van der Waals surface area (Å²) < 4.78 is 0. The first-order chi connectivity index (χ1) is 14.3. The lowest BCUT2D eigenvalue weighted by Gasteiger charge is -2.27. The number of nitrogens with zero attached hydrogens (tertiary/aromatic N) is 3. The zero-order valence-corrected chi connectivity index (χ0v) is 20.7. The number of benzene rings is 1. The molecule has 1 atom stereocenters. The average molecular weight is 538 g/mol. The van der Waals surface area contributed by atoms with Crippen molar-refractivity contribution >= 4 is 47.0 Å². The number of aliphatic imine (C=N–C) groups is 1. The highest BCUT2D eigenvalue weighted by Crippen LogP contribution is 2.27. The number of anilines is 1. The Bertz CT molecular complexity index is 805. The quantitative estimate of drug-likeness (QED) is 0.240. The third-order valence-electron chi connectivity index (χ3n) is 5.72. The number of rotatable bonds is 7. The minimum absolute atomic E-state index is 0. The fraction of sp³-hybridized carbons (Fsp3) is 0.435. The van der Waals surface area contributed by atoms with Gasteiger partial charge in [-0.25, -0.2) is 0 Å². The molecule has 1 saturated heterocycles. The number of nitrogens with one attached hydrogen (secondary N) is 2. The van der Waals surface area contributed by atoms with E-state index in [1.807, 2.05) is 18.4 Å². The monoisotopic (exact) mass is 537 g/mol. The first-order valence-corrected chi connectivity index (χ1v) is 11.4. The molecule has 1 fully saturated rings. The normalized spacial score (nSPS) is 17.8. The fourth-order valence-corrected chi connectivity index (χ4v) is 4.92. The van der Waals surface area contributed by atoms with Gasteiger partial charge < -0.3 is 15.5 Å². The molecule has 0 amide bonds. The van der Waals surface area contributed by atoms with Crippen molar-refractivity contribution in [1.82, 2.24) is 15.5 Å². The second-order valence-corrected chi connectivity index (χ2v) is 8.60. The van der Waals surface area contributed by atoms with Gasteiger partial charge in [-0.2, -0.15) is 0 Å². The second-order valence-electron chi connectivity index (χ2n) is 7.62. The molecule has 0 saturated carbocycles. The molecule has 0 radical (unpaired) electrons. The molecule has 4 rings (SSSR count). The van der Waals surface area contributed by atoms with Gasteiger partial charge in [-0.05, 0) is 55.1 Å². The topological polar surface area (TPSA) is 42.9 Å². The Labute approximate surface area is 201 Å². The smallest absolute Gasteiger partial charge is 0.191 e. The molecular weight excluding hydrogens is 505 g/mol. The lowest BCUT2D eigenvalue weighted by molar-refractivity contribution is 0.249. The van der Waals surface area contributed by atoms with E-state index in [1.54, 1.807) is 0 Å². The van der Waals surface area contributed by atoms with Crippen LogP contribution in [-0.4, -0.2) is 50.6 Å². The molecule has 0 aliphatic carbocycles. The number of guanidine groups is 1. The van der Waals surface area contributed by atoms with Crippen molar-refractivity contribution in [3.05, 3.63) is 64.4 Å². The van der Waals surface area contributed by atoms with Crippen LogP contribution in [0.4, 0.5) is 5.69 Å². The minimum Gasteiger partial charge on any atom is -0.364 e. The predicted octanol–water partition coefficient (Wildman–Crippen LogP) is 4.24. The molecule has 1 aromatic carbocycles. The highest BCUT2D eigenvalue weighted by molar-refractivity contribution is 14.0. The molecule has 162 valence electrons. The summed E-state index contributed by atoms with van der Waals surface area (Å²) in [6.45, 7) is 6.05. The summed E-state index contributed by atoms with van der Waals surface area (Å²) in [5, 5.41) is 9.19. The van der Waals surface area contributed by atoms with Crippen LogP contribution in [0.1, 0.15) is 29.3 Å². The molecule has 30 heavy (non-hydrogen) atoms. The van der Waals surface area contributed by atoms with Gasteiger partial charge in [-0.15, -0.1) is 35.3 Å². The van der Waals surface area contributed by atoms with Crippen molar-refractivity contribution < 1.29 is 0 Å². The van der Waals surface area contributed by atoms with Gasteiger partial charge in [-0.1, -0.05) is 30.4 Å². The van der Waals surface area contributed by atoms with Crippen molar-refractivity contribution in [2.24, 2.45) is 4.99 Å². The van der Waals surface area contributed by atoms with Crippen molar-refractivity contribution in [3.63, 3.8) is 0 Å². The SMILES string of the molecule is CN=C(NCc1ccc(N2CC=CC2)cc1)NCC(c1cccs1)N1CCCC1.I. The maximum absolute atomic E-state index is 4.43. The summed E-state index contributed by atoms with van der Waals surface area (Å²) in [5.74, 6) is 0.860. The highest BCUT2D eigenvalue weighted by atomic mass is 127. The van der Waals surface area contributed by atoms with E-state index in [0.717, 1.165) is 32.1 Å². The van der Waals surface area contributed by atoms with Crippen LogP contribution < -0.4 is 15.5 Å². The van der Waals surface area contributed by atoms with E-state index >= 15 is 0 Å². The Morgan fingerprint density at radius 1 is 1.07 bits per heavy atom. The molecule has 2 N–H and O–H groups in total. The Hall–Kier alpha value is -1.58. The zero-order chi connectivity index (χ0) is 19.9. The Morgan fingerprint density at radius 3 is 2.43 bits per heavy atom. The van der Waals surface area contributed by atoms with E-state index in [4.69, 9.17) is 0 Å². The lowest BCUT2D eigenvalue weighted by atomic mass is 10.2. The summed E-state index contributed by atoms with van der Waals surface area (Å²) >= 11 is 1.85. The third-order valence-corrected chi connectivity index (χ3v) is 6.69. The maximum Gasteiger partial charge on any atom is 0.191 e. The summed E-state index contributed by atoms with van der Waals surface area (Å²) in [7, 11) is 1.84. The molecule has 5 nitrogen and oxygen atoms in total. The van der Waals surface area contributed by atoms with Crippen LogP contribution in [0.15, 0.2) is 58.9 Å². The second kappa shape index (κ2) is 11.7. The van der Waals surface area contributed by atoms with Gasteiger partial charge in [0.2, 0.25) is 0 Å². The fourth-order valence-electron chi connectivity index (χ4n) is 4.06. The van der Waals surface area contributed by atoms with Gasteiger partial charge in [0.1, 0.15) is 0 Å². The van der Waals surface area contributed by atoms with Gasteiger partial charge in [0.15, 0.2) is 5.96 Å². The molecule has 2 aromatic rings. The molecule has 0 bridgehead atoms. The van der Waals surface area contributed by atoms with Crippen molar-refractivity contribution in [3.8, 4) is 0 Å². The average Bonchev–Trinajstić information content (AvgIpc) is 3.54. The van der Waals surface area contributed by atoms with Crippen LogP contribution in [-0.2, 0) is 6.54 Å². The molecule has 0 spiro atoms. The summed E-state index contributed by atoms with van der Waals surface area (Å²) in [6, 6.07) is 13.6. The first-order valence-electron chi connectivity index (χ1n) is 10.5. The Kier molecular flexibility index (Phi) is 9.02.